The van der Waals surface area contributed by atoms with Crippen LogP contribution < -0.4 is 0 Å². The summed E-state index contributed by atoms with van der Waals surface area (Å²) in [5, 5.41) is 0. The molecule has 1 aliphatic heterocycles. The summed E-state index contributed by atoms with van der Waals surface area (Å²) in [7, 11) is 1.94. The Kier molecular flexibility index (Phi) is 3.12. The third-order valence-corrected chi connectivity index (χ3v) is 2.74. The topological polar surface area (TPSA) is 47.4 Å². The van der Waals surface area contributed by atoms with Gasteiger partial charge in [0.25, 0.3) is 0 Å². The van der Waals surface area contributed by atoms with E-state index in [1.807, 2.05) is 17.8 Å². The van der Waals surface area contributed by atoms with E-state index in [2.05, 4.69) is 11.9 Å². The zero-order chi connectivity index (χ0) is 11.5. The standard InChI is InChI=1S/C11H17N3O2/c1-3-4-14-10(7-16-11(14)15)5-9-6-13(2)8-12-9/h6,8,10H,3-5,7H2,1-2H3/t10-/m0/s1. The summed E-state index contributed by atoms with van der Waals surface area (Å²) in [4.78, 5) is 17.5. The highest BCUT2D eigenvalue weighted by molar-refractivity contribution is 5.70. The number of carbonyl (C=O) groups excluding carboxylic acids is 1. The Hall–Kier alpha value is -1.52. The van der Waals surface area contributed by atoms with Crippen molar-refractivity contribution in [2.75, 3.05) is 13.2 Å². The molecule has 0 bridgehead atoms. The maximum atomic E-state index is 11.4. The van der Waals surface area contributed by atoms with Crippen molar-refractivity contribution in [1.29, 1.82) is 0 Å². The number of amides is 1. The summed E-state index contributed by atoms with van der Waals surface area (Å²) in [6.07, 6.45) is 5.28. The SMILES string of the molecule is CCCN1C(=O)OC[C@@H]1Cc1cn(C)cn1. The highest BCUT2D eigenvalue weighted by atomic mass is 16.6. The maximum Gasteiger partial charge on any atom is 0.410 e. The number of nitrogens with zero attached hydrogens (tertiary/aromatic N) is 3. The molecule has 1 aromatic heterocycles. The Morgan fingerprint density at radius 3 is 3.06 bits per heavy atom. The van der Waals surface area contributed by atoms with Gasteiger partial charge in [-0.25, -0.2) is 9.78 Å². The number of hydrogen-bond acceptors (Lipinski definition) is 3. The van der Waals surface area contributed by atoms with Gasteiger partial charge in [-0.15, -0.1) is 0 Å². The van der Waals surface area contributed by atoms with E-state index < -0.39 is 0 Å². The molecule has 0 spiro atoms. The fourth-order valence-electron chi connectivity index (χ4n) is 1.99. The second kappa shape index (κ2) is 4.55. The molecule has 0 unspecified atom stereocenters. The Labute approximate surface area is 95.0 Å². The molecule has 1 atom stereocenters. The number of carbonyl (C=O) groups is 1. The number of imidazole rings is 1. The lowest BCUT2D eigenvalue weighted by Crippen LogP contribution is -2.35. The minimum Gasteiger partial charge on any atom is -0.447 e. The summed E-state index contributed by atoms with van der Waals surface area (Å²) < 4.78 is 6.98. The van der Waals surface area contributed by atoms with Crippen molar-refractivity contribution >= 4 is 6.09 Å². The van der Waals surface area contributed by atoms with Gasteiger partial charge in [0.2, 0.25) is 0 Å². The van der Waals surface area contributed by atoms with Crippen molar-refractivity contribution in [1.82, 2.24) is 14.5 Å². The van der Waals surface area contributed by atoms with Gasteiger partial charge in [0.15, 0.2) is 0 Å². The smallest absolute Gasteiger partial charge is 0.410 e. The van der Waals surface area contributed by atoms with Crippen LogP contribution in [0, 0.1) is 0 Å². The zero-order valence-corrected chi connectivity index (χ0v) is 9.72. The number of rotatable bonds is 4. The summed E-state index contributed by atoms with van der Waals surface area (Å²) in [5.41, 5.74) is 1.01. The lowest BCUT2D eigenvalue weighted by atomic mass is 10.1. The van der Waals surface area contributed by atoms with Crippen molar-refractivity contribution in [3.8, 4) is 0 Å². The van der Waals surface area contributed by atoms with Crippen molar-refractivity contribution in [2.45, 2.75) is 25.8 Å². The van der Waals surface area contributed by atoms with E-state index in [1.165, 1.54) is 0 Å². The van der Waals surface area contributed by atoms with Crippen LogP contribution in [0.25, 0.3) is 0 Å². The predicted molar refractivity (Wildman–Crippen MR) is 59.0 cm³/mol. The third-order valence-electron chi connectivity index (χ3n) is 2.74. The van der Waals surface area contributed by atoms with Crippen molar-refractivity contribution < 1.29 is 9.53 Å². The van der Waals surface area contributed by atoms with Crippen LogP contribution >= 0.6 is 0 Å². The molecule has 0 radical (unpaired) electrons. The van der Waals surface area contributed by atoms with Gasteiger partial charge >= 0.3 is 6.09 Å². The highest BCUT2D eigenvalue weighted by Crippen LogP contribution is 2.16. The fraction of sp³-hybridized carbons (Fsp3) is 0.636. The van der Waals surface area contributed by atoms with E-state index in [1.54, 1.807) is 11.2 Å². The van der Waals surface area contributed by atoms with Gasteiger partial charge in [0.05, 0.1) is 18.1 Å². The molecule has 16 heavy (non-hydrogen) atoms. The van der Waals surface area contributed by atoms with Gasteiger partial charge in [-0.3, -0.25) is 0 Å². The summed E-state index contributed by atoms with van der Waals surface area (Å²) in [6.45, 7) is 3.30. The molecule has 0 aliphatic carbocycles. The second-order valence-corrected chi connectivity index (χ2v) is 4.16. The first-order chi connectivity index (χ1) is 7.70. The minimum atomic E-state index is -0.192. The Morgan fingerprint density at radius 2 is 2.44 bits per heavy atom. The summed E-state index contributed by atoms with van der Waals surface area (Å²) in [6, 6.07) is 0.141. The van der Waals surface area contributed by atoms with Gasteiger partial charge in [-0.1, -0.05) is 6.92 Å². The normalized spacial score (nSPS) is 20.2. The quantitative estimate of drug-likeness (QED) is 0.770. The first kappa shape index (κ1) is 11.0. The van der Waals surface area contributed by atoms with Crippen LogP contribution in [-0.2, 0) is 18.2 Å². The Bertz CT molecular complexity index is 375. The van der Waals surface area contributed by atoms with Crippen molar-refractivity contribution in [3.05, 3.63) is 18.2 Å². The first-order valence-corrected chi connectivity index (χ1v) is 5.61. The molecule has 0 aromatic carbocycles. The molecule has 5 nitrogen and oxygen atoms in total. The van der Waals surface area contributed by atoms with Crippen LogP contribution in [-0.4, -0.2) is 39.7 Å². The molecule has 2 heterocycles. The highest BCUT2D eigenvalue weighted by Gasteiger charge is 2.32. The molecule has 1 aromatic rings. The third kappa shape index (κ3) is 2.18. The van der Waals surface area contributed by atoms with E-state index in [0.29, 0.717) is 6.61 Å². The van der Waals surface area contributed by atoms with Gasteiger partial charge in [-0.2, -0.15) is 0 Å². The molecule has 88 valence electrons. The molecule has 0 N–H and O–H groups in total. The number of cyclic esters (lactones) is 1. The van der Waals surface area contributed by atoms with Gasteiger partial charge in [-0.05, 0) is 6.42 Å². The van der Waals surface area contributed by atoms with Crippen LogP contribution in [0.2, 0.25) is 0 Å². The number of ether oxygens (including phenoxy) is 1. The Balaban J connectivity index is 2.01. The van der Waals surface area contributed by atoms with Crippen molar-refractivity contribution in [2.24, 2.45) is 7.05 Å². The van der Waals surface area contributed by atoms with Crippen LogP contribution in [0.4, 0.5) is 4.79 Å². The van der Waals surface area contributed by atoms with E-state index in [0.717, 1.165) is 25.1 Å². The summed E-state index contributed by atoms with van der Waals surface area (Å²) >= 11 is 0. The largest absolute Gasteiger partial charge is 0.447 e. The molecule has 1 aliphatic rings. The van der Waals surface area contributed by atoms with E-state index in [4.69, 9.17) is 4.74 Å². The maximum absolute atomic E-state index is 11.4. The average molecular weight is 223 g/mol. The fourth-order valence-corrected chi connectivity index (χ4v) is 1.99. The molecular weight excluding hydrogens is 206 g/mol. The first-order valence-electron chi connectivity index (χ1n) is 5.61. The van der Waals surface area contributed by atoms with Gasteiger partial charge < -0.3 is 14.2 Å². The van der Waals surface area contributed by atoms with Crippen LogP contribution in [0.5, 0.6) is 0 Å². The molecular formula is C11H17N3O2. The molecule has 5 heteroatoms. The second-order valence-electron chi connectivity index (χ2n) is 4.16. The van der Waals surface area contributed by atoms with E-state index >= 15 is 0 Å². The average Bonchev–Trinajstić information content (AvgIpc) is 2.79. The number of aromatic nitrogens is 2. The number of aryl methyl sites for hydroxylation is 1. The molecule has 1 amide bonds. The molecule has 2 rings (SSSR count). The van der Waals surface area contributed by atoms with Crippen molar-refractivity contribution in [3.63, 3.8) is 0 Å². The zero-order valence-electron chi connectivity index (χ0n) is 9.72. The van der Waals surface area contributed by atoms with E-state index in [9.17, 15) is 4.79 Å². The monoisotopic (exact) mass is 223 g/mol. The lowest BCUT2D eigenvalue weighted by molar-refractivity contribution is 0.157. The van der Waals surface area contributed by atoms with Gasteiger partial charge in [0, 0.05) is 26.2 Å². The molecule has 1 saturated heterocycles. The minimum absolute atomic E-state index is 0.141. The lowest BCUT2D eigenvalue weighted by Gasteiger charge is -2.19. The Morgan fingerprint density at radius 1 is 1.62 bits per heavy atom. The number of hydrogen-bond donors (Lipinski definition) is 0. The van der Waals surface area contributed by atoms with Gasteiger partial charge in [0.1, 0.15) is 6.61 Å². The summed E-state index contributed by atoms with van der Waals surface area (Å²) in [5.74, 6) is 0. The van der Waals surface area contributed by atoms with Crippen LogP contribution in [0.3, 0.4) is 0 Å². The molecule has 1 fully saturated rings. The van der Waals surface area contributed by atoms with Crippen LogP contribution in [0.1, 0.15) is 19.0 Å². The molecule has 0 saturated carbocycles. The van der Waals surface area contributed by atoms with E-state index in [-0.39, 0.29) is 12.1 Å². The van der Waals surface area contributed by atoms with Crippen LogP contribution in [0.15, 0.2) is 12.5 Å². The predicted octanol–water partition coefficient (Wildman–Crippen LogP) is 1.19.